The highest BCUT2D eigenvalue weighted by atomic mass is 35.5. The Hall–Kier alpha value is -0.850. The first-order chi connectivity index (χ1) is 9.63. The van der Waals surface area contributed by atoms with Crippen LogP contribution in [0, 0.1) is 0 Å². The number of hydrogen-bond donors (Lipinski definition) is 2. The van der Waals surface area contributed by atoms with Crippen molar-refractivity contribution < 1.29 is 9.53 Å². The van der Waals surface area contributed by atoms with Gasteiger partial charge in [0, 0.05) is 37.8 Å². The van der Waals surface area contributed by atoms with Crippen molar-refractivity contribution in [1.29, 1.82) is 0 Å². The van der Waals surface area contributed by atoms with E-state index in [-0.39, 0.29) is 36.8 Å². The zero-order chi connectivity index (χ0) is 14.4. The van der Waals surface area contributed by atoms with Crippen molar-refractivity contribution in [2.24, 2.45) is 5.73 Å². The lowest BCUT2D eigenvalue weighted by Crippen LogP contribution is -2.35. The van der Waals surface area contributed by atoms with Crippen molar-refractivity contribution in [3.8, 4) is 0 Å². The van der Waals surface area contributed by atoms with Crippen LogP contribution in [0.1, 0.15) is 18.9 Å². The zero-order valence-corrected chi connectivity index (χ0v) is 14.4. The minimum absolute atomic E-state index is 0. The third-order valence-electron chi connectivity index (χ3n) is 3.23. The number of carbonyl (C=O) groups excluding carboxylic acids is 1. The third kappa shape index (κ3) is 7.42. The molecule has 1 aliphatic rings. The number of rotatable bonds is 5. The molecule has 3 N–H and O–H groups in total. The molecule has 0 aliphatic carbocycles. The summed E-state index contributed by atoms with van der Waals surface area (Å²) in [5, 5.41) is 2.89. The van der Waals surface area contributed by atoms with Gasteiger partial charge in [-0.25, -0.2) is 0 Å². The van der Waals surface area contributed by atoms with Crippen LogP contribution in [-0.4, -0.2) is 43.2 Å². The number of nitrogens with one attached hydrogen (secondary N) is 1. The Labute approximate surface area is 144 Å². The van der Waals surface area contributed by atoms with Crippen LogP contribution < -0.4 is 11.1 Å². The molecule has 0 saturated carbocycles. The fraction of sp³-hybridized carbons (Fsp3) is 0.533. The second kappa shape index (κ2) is 10.8. The summed E-state index contributed by atoms with van der Waals surface area (Å²) in [6.45, 7) is 6.23. The first-order valence-electron chi connectivity index (χ1n) is 7.08. The molecule has 1 aromatic carbocycles. The van der Waals surface area contributed by atoms with Crippen LogP contribution in [0.4, 0.5) is 5.69 Å². The summed E-state index contributed by atoms with van der Waals surface area (Å²) >= 11 is 0. The second-order valence-electron chi connectivity index (χ2n) is 5.32. The highest BCUT2D eigenvalue weighted by Crippen LogP contribution is 2.14. The SMILES string of the molecule is CC(N)CC(=O)Nc1cccc(CN2CCOCC2)c1.Cl.Cl. The van der Waals surface area contributed by atoms with Crippen molar-refractivity contribution in [2.75, 3.05) is 31.6 Å². The Kier molecular flexibility index (Phi) is 10.4. The summed E-state index contributed by atoms with van der Waals surface area (Å²) in [6, 6.07) is 7.86. The normalized spacial score (nSPS) is 16.1. The summed E-state index contributed by atoms with van der Waals surface area (Å²) in [4.78, 5) is 14.1. The Morgan fingerprint density at radius 3 is 2.68 bits per heavy atom. The van der Waals surface area contributed by atoms with E-state index in [0.29, 0.717) is 6.42 Å². The molecule has 126 valence electrons. The molecule has 5 nitrogen and oxygen atoms in total. The van der Waals surface area contributed by atoms with Gasteiger partial charge in [0.2, 0.25) is 5.91 Å². The van der Waals surface area contributed by atoms with E-state index in [9.17, 15) is 4.79 Å². The molecule has 1 atom stereocenters. The molecule has 1 aromatic rings. The number of halogens is 2. The van der Waals surface area contributed by atoms with Gasteiger partial charge in [-0.15, -0.1) is 24.8 Å². The maximum atomic E-state index is 11.7. The van der Waals surface area contributed by atoms with Crippen LogP contribution in [0.25, 0.3) is 0 Å². The highest BCUT2D eigenvalue weighted by molar-refractivity contribution is 5.91. The number of hydrogen-bond acceptors (Lipinski definition) is 4. The lowest BCUT2D eigenvalue weighted by atomic mass is 10.1. The Morgan fingerprint density at radius 2 is 2.05 bits per heavy atom. The summed E-state index contributed by atoms with van der Waals surface area (Å²) < 4.78 is 5.34. The van der Waals surface area contributed by atoms with E-state index in [1.165, 1.54) is 5.56 Å². The molecule has 0 radical (unpaired) electrons. The summed E-state index contributed by atoms with van der Waals surface area (Å²) in [5.41, 5.74) is 7.66. The smallest absolute Gasteiger partial charge is 0.225 e. The van der Waals surface area contributed by atoms with Gasteiger partial charge in [-0.2, -0.15) is 0 Å². The second-order valence-corrected chi connectivity index (χ2v) is 5.32. The zero-order valence-electron chi connectivity index (χ0n) is 12.8. The van der Waals surface area contributed by atoms with Gasteiger partial charge in [-0.1, -0.05) is 12.1 Å². The predicted molar refractivity (Wildman–Crippen MR) is 93.9 cm³/mol. The fourth-order valence-electron chi connectivity index (χ4n) is 2.27. The van der Waals surface area contributed by atoms with E-state index in [4.69, 9.17) is 10.5 Å². The number of ether oxygens (including phenoxy) is 1. The molecule has 22 heavy (non-hydrogen) atoms. The molecular weight excluding hydrogens is 325 g/mol. The van der Waals surface area contributed by atoms with Gasteiger partial charge < -0.3 is 15.8 Å². The van der Waals surface area contributed by atoms with Crippen LogP contribution in [0.2, 0.25) is 0 Å². The quantitative estimate of drug-likeness (QED) is 0.853. The molecule has 7 heteroatoms. The number of nitrogens with zero attached hydrogens (tertiary/aromatic N) is 1. The molecule has 0 spiro atoms. The van der Waals surface area contributed by atoms with Crippen LogP contribution in [0.15, 0.2) is 24.3 Å². The number of anilines is 1. The highest BCUT2D eigenvalue weighted by Gasteiger charge is 2.11. The molecule has 1 heterocycles. The van der Waals surface area contributed by atoms with Crippen LogP contribution >= 0.6 is 24.8 Å². The van der Waals surface area contributed by atoms with Gasteiger partial charge in [-0.3, -0.25) is 9.69 Å². The van der Waals surface area contributed by atoms with Gasteiger partial charge in [0.25, 0.3) is 0 Å². The molecule has 1 aliphatic heterocycles. The first-order valence-corrected chi connectivity index (χ1v) is 7.08. The predicted octanol–water partition coefficient (Wildman–Crippen LogP) is 2.04. The van der Waals surface area contributed by atoms with Crippen molar-refractivity contribution in [2.45, 2.75) is 25.9 Å². The van der Waals surface area contributed by atoms with Crippen molar-refractivity contribution in [3.63, 3.8) is 0 Å². The van der Waals surface area contributed by atoms with Crippen LogP contribution in [0.3, 0.4) is 0 Å². The van der Waals surface area contributed by atoms with Gasteiger partial charge in [0.05, 0.1) is 13.2 Å². The van der Waals surface area contributed by atoms with E-state index in [1.807, 2.05) is 25.1 Å². The topological polar surface area (TPSA) is 67.6 Å². The number of benzene rings is 1. The number of carbonyl (C=O) groups is 1. The third-order valence-corrected chi connectivity index (χ3v) is 3.23. The Morgan fingerprint density at radius 1 is 1.36 bits per heavy atom. The van der Waals surface area contributed by atoms with Crippen molar-refractivity contribution >= 4 is 36.4 Å². The standard InChI is InChI=1S/C15H23N3O2.2ClH/c1-12(16)9-15(19)17-14-4-2-3-13(10-14)11-18-5-7-20-8-6-18;;/h2-4,10,12H,5-9,11,16H2,1H3,(H,17,19);2*1H. The average Bonchev–Trinajstić information content (AvgIpc) is 2.39. The molecule has 2 rings (SSSR count). The number of nitrogens with two attached hydrogens (primary N) is 1. The molecule has 1 unspecified atom stereocenters. The number of morpholine rings is 1. The maximum absolute atomic E-state index is 11.7. The first kappa shape index (κ1) is 21.1. The van der Waals surface area contributed by atoms with Crippen molar-refractivity contribution in [1.82, 2.24) is 4.90 Å². The fourth-order valence-corrected chi connectivity index (χ4v) is 2.27. The van der Waals surface area contributed by atoms with Crippen LogP contribution in [0.5, 0.6) is 0 Å². The molecule has 1 amide bonds. The Balaban J connectivity index is 0.00000220. The van der Waals surface area contributed by atoms with Gasteiger partial charge in [0.15, 0.2) is 0 Å². The van der Waals surface area contributed by atoms with E-state index in [0.717, 1.165) is 38.5 Å². The van der Waals surface area contributed by atoms with Gasteiger partial charge in [0.1, 0.15) is 0 Å². The van der Waals surface area contributed by atoms with E-state index in [2.05, 4.69) is 16.3 Å². The lowest BCUT2D eigenvalue weighted by Gasteiger charge is -2.26. The Bertz CT molecular complexity index is 452. The van der Waals surface area contributed by atoms with Crippen LogP contribution in [-0.2, 0) is 16.1 Å². The van der Waals surface area contributed by atoms with Gasteiger partial charge >= 0.3 is 0 Å². The minimum atomic E-state index is -0.119. The molecule has 1 fully saturated rings. The summed E-state index contributed by atoms with van der Waals surface area (Å²) in [6.07, 6.45) is 0.341. The largest absolute Gasteiger partial charge is 0.379 e. The van der Waals surface area contributed by atoms with E-state index < -0.39 is 0 Å². The maximum Gasteiger partial charge on any atom is 0.225 e. The molecule has 0 aromatic heterocycles. The molecule has 0 bridgehead atoms. The van der Waals surface area contributed by atoms with Gasteiger partial charge in [-0.05, 0) is 24.6 Å². The summed E-state index contributed by atoms with van der Waals surface area (Å²) in [7, 11) is 0. The van der Waals surface area contributed by atoms with E-state index >= 15 is 0 Å². The van der Waals surface area contributed by atoms with E-state index in [1.54, 1.807) is 0 Å². The molecular formula is C15H25Cl2N3O2. The minimum Gasteiger partial charge on any atom is -0.379 e. The molecule has 1 saturated heterocycles. The van der Waals surface area contributed by atoms with Crippen molar-refractivity contribution in [3.05, 3.63) is 29.8 Å². The monoisotopic (exact) mass is 349 g/mol. The summed E-state index contributed by atoms with van der Waals surface area (Å²) in [5.74, 6) is -0.0384. The average molecular weight is 350 g/mol. The number of amides is 1. The lowest BCUT2D eigenvalue weighted by molar-refractivity contribution is -0.116.